The van der Waals surface area contributed by atoms with Gasteiger partial charge in [-0.05, 0) is 49.7 Å². The van der Waals surface area contributed by atoms with Crippen LogP contribution in [0.1, 0.15) is 12.5 Å². The summed E-state index contributed by atoms with van der Waals surface area (Å²) in [5, 5.41) is 0.364. The summed E-state index contributed by atoms with van der Waals surface area (Å²) in [6.07, 6.45) is 0. The maximum Gasteiger partial charge on any atom is 0.263 e. The number of hydrogen-bond donors (Lipinski definition) is 1. The van der Waals surface area contributed by atoms with Crippen LogP contribution in [-0.2, 0) is 10.0 Å². The van der Waals surface area contributed by atoms with Crippen molar-refractivity contribution < 1.29 is 13.2 Å². The number of benzene rings is 2. The summed E-state index contributed by atoms with van der Waals surface area (Å²) < 4.78 is 33.7. The largest absolute Gasteiger partial charge is 0.494 e. The zero-order chi connectivity index (χ0) is 16.4. The lowest BCUT2D eigenvalue weighted by molar-refractivity contribution is 0.340. The Morgan fingerprint density at radius 1 is 1.17 bits per heavy atom. The summed E-state index contributed by atoms with van der Waals surface area (Å²) in [7, 11) is -3.66. The molecule has 0 saturated heterocycles. The summed E-state index contributed by atoms with van der Waals surface area (Å²) in [5.74, 6) is 0.641. The first-order chi connectivity index (χ1) is 11.0. The Kier molecular flexibility index (Phi) is 4.23. The van der Waals surface area contributed by atoms with E-state index in [1.165, 1.54) is 23.5 Å². The molecule has 120 valence electrons. The summed E-state index contributed by atoms with van der Waals surface area (Å²) in [5.41, 5.74) is 1.84. The predicted molar refractivity (Wildman–Crippen MR) is 92.8 cm³/mol. The van der Waals surface area contributed by atoms with Gasteiger partial charge in [0.05, 0.1) is 21.7 Å². The fourth-order valence-electron chi connectivity index (χ4n) is 2.19. The molecule has 1 aromatic heterocycles. The fourth-order valence-corrected chi connectivity index (χ4v) is 4.36. The third-order valence-electron chi connectivity index (χ3n) is 3.29. The molecule has 0 saturated carbocycles. The lowest BCUT2D eigenvalue weighted by Crippen LogP contribution is -2.12. The minimum absolute atomic E-state index is 0.178. The highest BCUT2D eigenvalue weighted by molar-refractivity contribution is 7.93. The minimum atomic E-state index is -3.66. The van der Waals surface area contributed by atoms with Crippen molar-refractivity contribution in [1.29, 1.82) is 0 Å². The molecule has 0 aliphatic carbocycles. The number of anilines is 1. The molecule has 3 rings (SSSR count). The highest BCUT2D eigenvalue weighted by Crippen LogP contribution is 2.29. The van der Waals surface area contributed by atoms with E-state index >= 15 is 0 Å². The van der Waals surface area contributed by atoms with Gasteiger partial charge in [0.2, 0.25) is 0 Å². The van der Waals surface area contributed by atoms with E-state index < -0.39 is 10.0 Å². The number of rotatable bonds is 5. The maximum absolute atomic E-state index is 12.4. The van der Waals surface area contributed by atoms with E-state index in [9.17, 15) is 8.42 Å². The van der Waals surface area contributed by atoms with E-state index in [2.05, 4.69) is 9.71 Å². The Morgan fingerprint density at radius 2 is 1.91 bits per heavy atom. The van der Waals surface area contributed by atoms with Crippen molar-refractivity contribution in [1.82, 2.24) is 4.98 Å². The van der Waals surface area contributed by atoms with Crippen LogP contribution in [-0.4, -0.2) is 20.0 Å². The van der Waals surface area contributed by atoms with Crippen molar-refractivity contribution in [2.45, 2.75) is 18.7 Å². The van der Waals surface area contributed by atoms with Crippen molar-refractivity contribution in [2.75, 3.05) is 11.3 Å². The molecule has 1 heterocycles. The van der Waals surface area contributed by atoms with Gasteiger partial charge in [0.15, 0.2) is 5.13 Å². The third kappa shape index (κ3) is 3.30. The highest BCUT2D eigenvalue weighted by Gasteiger charge is 2.17. The molecule has 3 aromatic rings. The number of thiazole rings is 1. The summed E-state index contributed by atoms with van der Waals surface area (Å²) in [4.78, 5) is 4.55. The van der Waals surface area contributed by atoms with Crippen LogP contribution in [0.15, 0.2) is 47.4 Å². The molecule has 0 amide bonds. The number of nitrogens with zero attached hydrogens (tertiary/aromatic N) is 1. The Balaban J connectivity index is 1.88. The van der Waals surface area contributed by atoms with Gasteiger partial charge >= 0.3 is 0 Å². The molecular formula is C16H16N2O3S2. The predicted octanol–water partition coefficient (Wildman–Crippen LogP) is 3.80. The Bertz CT molecular complexity index is 932. The number of fused-ring (bicyclic) bond motifs is 1. The molecule has 2 aromatic carbocycles. The second kappa shape index (κ2) is 6.17. The molecule has 0 spiro atoms. The zero-order valence-electron chi connectivity index (χ0n) is 12.7. The molecule has 0 atom stereocenters. The van der Waals surface area contributed by atoms with Gasteiger partial charge in [-0.15, -0.1) is 0 Å². The molecule has 7 heteroatoms. The molecule has 23 heavy (non-hydrogen) atoms. The van der Waals surface area contributed by atoms with Crippen LogP contribution in [0.2, 0.25) is 0 Å². The first kappa shape index (κ1) is 15.8. The molecule has 5 nitrogen and oxygen atoms in total. The Hall–Kier alpha value is -2.12. The van der Waals surface area contributed by atoms with Crippen molar-refractivity contribution in [2.24, 2.45) is 0 Å². The van der Waals surface area contributed by atoms with Crippen LogP contribution < -0.4 is 9.46 Å². The summed E-state index contributed by atoms with van der Waals surface area (Å²) in [6, 6.07) is 12.1. The van der Waals surface area contributed by atoms with Gasteiger partial charge in [0.1, 0.15) is 5.75 Å². The van der Waals surface area contributed by atoms with Crippen molar-refractivity contribution in [3.8, 4) is 5.75 Å². The van der Waals surface area contributed by atoms with Gasteiger partial charge in [0.25, 0.3) is 10.0 Å². The van der Waals surface area contributed by atoms with Crippen LogP contribution in [0.25, 0.3) is 10.2 Å². The van der Waals surface area contributed by atoms with E-state index in [-0.39, 0.29) is 4.90 Å². The molecule has 1 N–H and O–H groups in total. The van der Waals surface area contributed by atoms with Crippen molar-refractivity contribution in [3.63, 3.8) is 0 Å². The summed E-state index contributed by atoms with van der Waals surface area (Å²) in [6.45, 7) is 4.36. The quantitative estimate of drug-likeness (QED) is 0.761. The van der Waals surface area contributed by atoms with Crippen LogP contribution in [0.4, 0.5) is 5.13 Å². The highest BCUT2D eigenvalue weighted by atomic mass is 32.2. The van der Waals surface area contributed by atoms with Gasteiger partial charge in [0, 0.05) is 0 Å². The fraction of sp³-hybridized carbons (Fsp3) is 0.188. The van der Waals surface area contributed by atoms with E-state index in [1.54, 1.807) is 12.1 Å². The lowest BCUT2D eigenvalue weighted by Gasteiger charge is -2.06. The average Bonchev–Trinajstić information content (AvgIpc) is 2.91. The molecule has 0 fully saturated rings. The number of nitrogens with one attached hydrogen (secondary N) is 1. The number of sulfonamides is 1. The number of para-hydroxylation sites is 1. The molecule has 0 aliphatic heterocycles. The molecule has 0 radical (unpaired) electrons. The first-order valence-corrected chi connectivity index (χ1v) is 9.41. The Labute approximate surface area is 139 Å². The SMILES string of the molecule is CCOc1ccc(S(=O)(=O)Nc2nc3c(C)cccc3s2)cc1. The first-order valence-electron chi connectivity index (χ1n) is 7.11. The van der Waals surface area contributed by atoms with E-state index in [0.29, 0.717) is 17.5 Å². The lowest BCUT2D eigenvalue weighted by atomic mass is 10.2. The number of aromatic nitrogens is 1. The average molecular weight is 348 g/mol. The number of hydrogen-bond acceptors (Lipinski definition) is 5. The van der Waals surface area contributed by atoms with Crippen LogP contribution in [0.3, 0.4) is 0 Å². The van der Waals surface area contributed by atoms with E-state index in [0.717, 1.165) is 15.8 Å². The third-order valence-corrected chi connectivity index (χ3v) is 5.71. The smallest absolute Gasteiger partial charge is 0.263 e. The van der Waals surface area contributed by atoms with Gasteiger partial charge in [-0.25, -0.2) is 13.4 Å². The molecule has 0 bridgehead atoms. The van der Waals surface area contributed by atoms with Crippen molar-refractivity contribution in [3.05, 3.63) is 48.0 Å². The number of ether oxygens (including phenoxy) is 1. The second-order valence-electron chi connectivity index (χ2n) is 4.95. The summed E-state index contributed by atoms with van der Waals surface area (Å²) >= 11 is 1.32. The molecule has 0 unspecified atom stereocenters. The monoisotopic (exact) mass is 348 g/mol. The van der Waals surface area contributed by atoms with Gasteiger partial charge in [-0.3, -0.25) is 4.72 Å². The van der Waals surface area contributed by atoms with Crippen molar-refractivity contribution >= 4 is 36.7 Å². The minimum Gasteiger partial charge on any atom is -0.494 e. The normalized spacial score (nSPS) is 11.6. The van der Waals surface area contributed by atoms with E-state index in [1.807, 2.05) is 32.0 Å². The van der Waals surface area contributed by atoms with Crippen LogP contribution in [0.5, 0.6) is 5.75 Å². The topological polar surface area (TPSA) is 68.3 Å². The molecular weight excluding hydrogens is 332 g/mol. The second-order valence-corrected chi connectivity index (χ2v) is 7.66. The van der Waals surface area contributed by atoms with Crippen LogP contribution in [0, 0.1) is 6.92 Å². The zero-order valence-corrected chi connectivity index (χ0v) is 14.4. The van der Waals surface area contributed by atoms with Gasteiger partial charge in [-0.1, -0.05) is 23.5 Å². The van der Waals surface area contributed by atoms with Gasteiger partial charge in [-0.2, -0.15) is 0 Å². The van der Waals surface area contributed by atoms with Gasteiger partial charge < -0.3 is 4.74 Å². The standard InChI is InChI=1S/C16H16N2O3S2/c1-3-21-12-7-9-13(10-8-12)23(19,20)18-16-17-15-11(2)5-4-6-14(15)22-16/h4-10H,3H2,1-2H3,(H,17,18). The Morgan fingerprint density at radius 3 is 2.57 bits per heavy atom. The van der Waals surface area contributed by atoms with E-state index in [4.69, 9.17) is 4.74 Å². The maximum atomic E-state index is 12.4. The number of aryl methyl sites for hydroxylation is 1. The molecule has 0 aliphatic rings. The van der Waals surface area contributed by atoms with Crippen LogP contribution >= 0.6 is 11.3 Å².